The number of hydrogen-bond acceptors (Lipinski definition) is 1. The third-order valence-corrected chi connectivity index (χ3v) is 5.66. The fourth-order valence-electron chi connectivity index (χ4n) is 4.20. The maximum atomic E-state index is 5.54. The Kier molecular flexibility index (Phi) is 8.64. The monoisotopic (exact) mass is 421 g/mol. The summed E-state index contributed by atoms with van der Waals surface area (Å²) in [7, 11) is 1.77. The molecule has 0 unspecified atom stereocenters. The van der Waals surface area contributed by atoms with Crippen LogP contribution < -0.4 is 39.4 Å². The zero-order valence-corrected chi connectivity index (χ0v) is 17.8. The Morgan fingerprint density at radius 3 is 2.39 bits per heavy atom. The molecule has 1 aliphatic heterocycles. The summed E-state index contributed by atoms with van der Waals surface area (Å²) in [6.45, 7) is 7.20. The second-order valence-corrected chi connectivity index (χ2v) is 7.23. The highest BCUT2D eigenvalue weighted by molar-refractivity contribution is 5.79. The van der Waals surface area contributed by atoms with Gasteiger partial charge in [0.15, 0.2) is 11.4 Å². The van der Waals surface area contributed by atoms with Crippen LogP contribution in [-0.2, 0) is 6.54 Å². The molecule has 3 aromatic rings. The van der Waals surface area contributed by atoms with Crippen molar-refractivity contribution in [1.82, 2.24) is 4.57 Å². The number of aromatic nitrogens is 1. The second kappa shape index (κ2) is 10.7. The van der Waals surface area contributed by atoms with E-state index in [1.54, 1.807) is 16.9 Å². The van der Waals surface area contributed by atoms with E-state index >= 15 is 0 Å². The van der Waals surface area contributed by atoms with E-state index in [-0.39, 0.29) is 24.8 Å². The highest BCUT2D eigenvalue weighted by Crippen LogP contribution is 2.19. The summed E-state index contributed by atoms with van der Waals surface area (Å²) < 4.78 is 7.93. The average Bonchev–Trinajstić information content (AvgIpc) is 3.12. The van der Waals surface area contributed by atoms with Gasteiger partial charge in [-0.05, 0) is 23.6 Å². The topological polar surface area (TPSA) is 23.0 Å². The van der Waals surface area contributed by atoms with E-state index < -0.39 is 0 Å². The zero-order valence-electron chi connectivity index (χ0n) is 16.3. The van der Waals surface area contributed by atoms with Crippen LogP contribution in [0.15, 0.2) is 60.8 Å². The predicted octanol–water partition coefficient (Wildman–Crippen LogP) is -4.84. The van der Waals surface area contributed by atoms with E-state index in [0.717, 1.165) is 12.3 Å². The number of fused-ring (bicyclic) bond motifs is 1. The van der Waals surface area contributed by atoms with E-state index in [2.05, 4.69) is 59.3 Å². The molecule has 2 heterocycles. The van der Waals surface area contributed by atoms with Crippen molar-refractivity contribution in [1.29, 1.82) is 0 Å². The maximum Gasteiger partial charge on any atom is 0.179 e. The van der Waals surface area contributed by atoms with Crippen molar-refractivity contribution < 1.29 is 39.4 Å². The van der Waals surface area contributed by atoms with Crippen molar-refractivity contribution in [2.75, 3.05) is 39.8 Å². The van der Waals surface area contributed by atoms with E-state index in [1.807, 2.05) is 6.07 Å². The molecule has 1 saturated heterocycles. The van der Waals surface area contributed by atoms with Crippen molar-refractivity contribution in [3.8, 4) is 5.75 Å². The van der Waals surface area contributed by atoms with Crippen molar-refractivity contribution in [3.63, 3.8) is 0 Å². The number of nitrogens with one attached hydrogen (secondary N) is 2. The minimum Gasteiger partial charge on any atom is -1.00 e. The molecule has 2 N–H and O–H groups in total. The Morgan fingerprint density at radius 2 is 1.61 bits per heavy atom. The molecule has 0 spiro atoms. The first kappa shape index (κ1) is 22.6. The van der Waals surface area contributed by atoms with Crippen LogP contribution in [0.2, 0.25) is 0 Å². The van der Waals surface area contributed by atoms with Gasteiger partial charge in [0.05, 0.1) is 13.7 Å². The van der Waals surface area contributed by atoms with Crippen molar-refractivity contribution >= 4 is 16.6 Å². The van der Waals surface area contributed by atoms with Crippen molar-refractivity contribution in [3.05, 3.63) is 60.8 Å². The molecule has 2 aromatic carbocycles. The molecule has 6 heteroatoms. The maximum absolute atomic E-state index is 5.54. The molecule has 1 aromatic heterocycles. The van der Waals surface area contributed by atoms with Crippen LogP contribution in [0.1, 0.15) is 6.42 Å². The Hall–Kier alpha value is -1.72. The van der Waals surface area contributed by atoms with Crippen LogP contribution >= 0.6 is 0 Å². The van der Waals surface area contributed by atoms with Crippen LogP contribution in [0.4, 0.5) is 5.69 Å². The molecule has 152 valence electrons. The third kappa shape index (κ3) is 5.00. The van der Waals surface area contributed by atoms with Gasteiger partial charge in [-0.2, -0.15) is 0 Å². The molecule has 28 heavy (non-hydrogen) atoms. The average molecular weight is 422 g/mol. The molecule has 0 saturated carbocycles. The minimum atomic E-state index is 0. The minimum absolute atomic E-state index is 0. The SMILES string of the molecule is COc1ccccc1[NH+]1CC[NH+](CCCn2ccc3ccccc32)CC1.[Cl-].[Cl-]. The highest BCUT2D eigenvalue weighted by atomic mass is 35.5. The molecule has 0 bridgehead atoms. The van der Waals surface area contributed by atoms with Gasteiger partial charge < -0.3 is 39.0 Å². The predicted molar refractivity (Wildman–Crippen MR) is 105 cm³/mol. The van der Waals surface area contributed by atoms with Crippen LogP contribution in [0.25, 0.3) is 10.9 Å². The number of methoxy groups -OCH3 is 1. The number of hydrogen-bond donors (Lipinski definition) is 2. The number of benzene rings is 2. The molecule has 4 nitrogen and oxygen atoms in total. The van der Waals surface area contributed by atoms with Gasteiger partial charge in [-0.25, -0.2) is 0 Å². The van der Waals surface area contributed by atoms with Gasteiger partial charge in [0.2, 0.25) is 0 Å². The largest absolute Gasteiger partial charge is 1.00 e. The molecule has 1 aliphatic rings. The highest BCUT2D eigenvalue weighted by Gasteiger charge is 2.26. The molecule has 0 amide bonds. The number of para-hydroxylation sites is 3. The van der Waals surface area contributed by atoms with Gasteiger partial charge in [0.25, 0.3) is 0 Å². The molecular formula is C22H29Cl2N3O. The normalized spacial score (nSPS) is 18.9. The quantitative estimate of drug-likeness (QED) is 0.409. The van der Waals surface area contributed by atoms with E-state index in [4.69, 9.17) is 4.74 Å². The number of rotatable bonds is 6. The van der Waals surface area contributed by atoms with Gasteiger partial charge in [0.1, 0.15) is 26.2 Å². The number of aryl methyl sites for hydroxylation is 1. The smallest absolute Gasteiger partial charge is 0.179 e. The molecule has 4 rings (SSSR count). The first-order valence-corrected chi connectivity index (χ1v) is 9.70. The van der Waals surface area contributed by atoms with Gasteiger partial charge in [-0.1, -0.05) is 30.3 Å². The summed E-state index contributed by atoms with van der Waals surface area (Å²) in [6.07, 6.45) is 3.46. The Labute approximate surface area is 179 Å². The van der Waals surface area contributed by atoms with Crippen LogP contribution in [-0.4, -0.2) is 44.4 Å². The lowest BCUT2D eigenvalue weighted by atomic mass is 10.2. The van der Waals surface area contributed by atoms with Gasteiger partial charge in [0, 0.05) is 30.7 Å². The molecule has 1 fully saturated rings. The van der Waals surface area contributed by atoms with Gasteiger partial charge >= 0.3 is 0 Å². The van der Waals surface area contributed by atoms with Gasteiger partial charge in [-0.3, -0.25) is 4.90 Å². The lowest BCUT2D eigenvalue weighted by Gasteiger charge is -2.30. The summed E-state index contributed by atoms with van der Waals surface area (Å²) in [5.41, 5.74) is 2.67. The Morgan fingerprint density at radius 1 is 0.893 bits per heavy atom. The lowest BCUT2D eigenvalue weighted by Crippen LogP contribution is -3.26. The first-order chi connectivity index (χ1) is 12.8. The van der Waals surface area contributed by atoms with E-state index in [1.165, 1.54) is 55.7 Å². The molecule has 0 atom stereocenters. The number of nitrogens with zero attached hydrogens (tertiary/aromatic N) is 1. The molecule has 0 radical (unpaired) electrons. The fourth-order valence-corrected chi connectivity index (χ4v) is 4.20. The van der Waals surface area contributed by atoms with Crippen LogP contribution in [0, 0.1) is 0 Å². The number of ether oxygens (including phenoxy) is 1. The number of piperazine rings is 1. The van der Waals surface area contributed by atoms with E-state index in [0.29, 0.717) is 0 Å². The summed E-state index contributed by atoms with van der Waals surface area (Å²) in [5, 5.41) is 1.34. The summed E-state index contributed by atoms with van der Waals surface area (Å²) in [6, 6.07) is 19.3. The zero-order chi connectivity index (χ0) is 17.8. The third-order valence-electron chi connectivity index (χ3n) is 5.66. The fraction of sp³-hybridized carbons (Fsp3) is 0.364. The molecule has 0 aliphatic carbocycles. The second-order valence-electron chi connectivity index (χ2n) is 7.23. The number of halogens is 2. The molecular weight excluding hydrogens is 393 g/mol. The Bertz CT molecular complexity index is 860. The summed E-state index contributed by atoms with van der Waals surface area (Å²) >= 11 is 0. The number of quaternary nitrogens is 2. The summed E-state index contributed by atoms with van der Waals surface area (Å²) in [4.78, 5) is 3.29. The standard InChI is InChI=1S/C22H27N3O.2ClH/c1-26-22-10-5-4-9-21(22)25-17-15-23(16-18-25)12-6-13-24-14-11-19-7-2-3-8-20(19)24;;/h2-5,7-11,14H,6,12-13,15-18H2,1H3;2*1H. The first-order valence-electron chi connectivity index (χ1n) is 9.70. The van der Waals surface area contributed by atoms with Crippen LogP contribution in [0.5, 0.6) is 5.75 Å². The Balaban J connectivity index is 0.00000140. The van der Waals surface area contributed by atoms with Crippen LogP contribution in [0.3, 0.4) is 0 Å². The van der Waals surface area contributed by atoms with Crippen molar-refractivity contribution in [2.24, 2.45) is 0 Å². The van der Waals surface area contributed by atoms with E-state index in [9.17, 15) is 0 Å². The van der Waals surface area contributed by atoms with Crippen molar-refractivity contribution in [2.45, 2.75) is 13.0 Å². The van der Waals surface area contributed by atoms with Gasteiger partial charge in [-0.15, -0.1) is 0 Å². The lowest BCUT2D eigenvalue weighted by molar-refractivity contribution is -0.986. The summed E-state index contributed by atoms with van der Waals surface area (Å²) in [5.74, 6) is 1.02.